The first-order chi connectivity index (χ1) is 15.5. The summed E-state index contributed by atoms with van der Waals surface area (Å²) in [6.07, 6.45) is 7.77. The highest BCUT2D eigenvalue weighted by Gasteiger charge is 2.23. The Hall–Kier alpha value is -2.32. The predicted octanol–water partition coefficient (Wildman–Crippen LogP) is 4.07. The Bertz CT molecular complexity index is 962. The fourth-order valence-electron chi connectivity index (χ4n) is 3.78. The van der Waals surface area contributed by atoms with Crippen LogP contribution >= 0.6 is 23.4 Å². The molecule has 0 saturated heterocycles. The fraction of sp³-hybridized carbons (Fsp3) is 0.478. The summed E-state index contributed by atoms with van der Waals surface area (Å²) in [5.74, 6) is 1.26. The van der Waals surface area contributed by atoms with Gasteiger partial charge in [-0.15, -0.1) is 10.2 Å². The van der Waals surface area contributed by atoms with Crippen LogP contribution in [-0.2, 0) is 22.7 Å². The van der Waals surface area contributed by atoms with Crippen LogP contribution in [0.1, 0.15) is 50.9 Å². The Kier molecular flexibility index (Phi) is 9.17. The summed E-state index contributed by atoms with van der Waals surface area (Å²) in [4.78, 5) is 24.6. The molecule has 1 aliphatic carbocycles. The van der Waals surface area contributed by atoms with Crippen LogP contribution in [-0.4, -0.2) is 38.4 Å². The van der Waals surface area contributed by atoms with Crippen molar-refractivity contribution in [1.29, 1.82) is 0 Å². The van der Waals surface area contributed by atoms with E-state index < -0.39 is 0 Å². The van der Waals surface area contributed by atoms with Crippen LogP contribution in [0.4, 0.5) is 0 Å². The third kappa shape index (κ3) is 6.84. The van der Waals surface area contributed by atoms with Crippen LogP contribution in [0.15, 0.2) is 35.5 Å². The zero-order valence-electron chi connectivity index (χ0n) is 18.5. The first-order valence-corrected chi connectivity index (χ1v) is 12.4. The average Bonchev–Trinajstić information content (AvgIpc) is 3.19. The number of hydrogen-bond donors (Lipinski definition) is 2. The summed E-state index contributed by atoms with van der Waals surface area (Å²) >= 11 is 7.47. The maximum absolute atomic E-state index is 12.4. The minimum Gasteiger partial charge on any atom is -0.352 e. The van der Waals surface area contributed by atoms with Gasteiger partial charge in [0.15, 0.2) is 11.0 Å². The molecule has 0 radical (unpaired) electrons. The van der Waals surface area contributed by atoms with Gasteiger partial charge in [-0.3, -0.25) is 9.59 Å². The van der Waals surface area contributed by atoms with Crippen molar-refractivity contribution < 1.29 is 9.59 Å². The lowest BCUT2D eigenvalue weighted by Gasteiger charge is -2.29. The van der Waals surface area contributed by atoms with Crippen molar-refractivity contribution in [3.8, 4) is 0 Å². The number of amides is 2. The number of halogens is 1. The van der Waals surface area contributed by atoms with Gasteiger partial charge >= 0.3 is 0 Å². The van der Waals surface area contributed by atoms with E-state index in [9.17, 15) is 9.59 Å². The first kappa shape index (κ1) is 24.3. The van der Waals surface area contributed by atoms with Gasteiger partial charge in [0.1, 0.15) is 0 Å². The zero-order valence-corrected chi connectivity index (χ0v) is 20.1. The Morgan fingerprint density at radius 1 is 1.25 bits per heavy atom. The van der Waals surface area contributed by atoms with Crippen LogP contribution in [0.3, 0.4) is 0 Å². The molecule has 2 aromatic rings. The molecule has 2 amide bonds. The minimum absolute atomic E-state index is 0.0268. The lowest BCUT2D eigenvalue weighted by atomic mass is 9.86. The zero-order chi connectivity index (χ0) is 22.9. The highest BCUT2D eigenvalue weighted by molar-refractivity contribution is 7.99. The number of carbonyl (C=O) groups excluding carboxylic acids is 2. The summed E-state index contributed by atoms with van der Waals surface area (Å²) in [5.41, 5.74) is 0.778. The van der Waals surface area contributed by atoms with E-state index in [0.717, 1.165) is 12.0 Å². The second-order valence-electron chi connectivity index (χ2n) is 7.94. The first-order valence-electron chi connectivity index (χ1n) is 11.0. The van der Waals surface area contributed by atoms with Crippen LogP contribution in [0.25, 0.3) is 6.08 Å². The lowest BCUT2D eigenvalue weighted by Crippen LogP contribution is -2.41. The van der Waals surface area contributed by atoms with E-state index in [-0.39, 0.29) is 24.4 Å². The van der Waals surface area contributed by atoms with Crippen LogP contribution < -0.4 is 10.6 Å². The number of nitrogens with zero attached hydrogens (tertiary/aromatic N) is 3. The molecule has 2 N–H and O–H groups in total. The van der Waals surface area contributed by atoms with E-state index in [1.54, 1.807) is 12.1 Å². The van der Waals surface area contributed by atoms with Gasteiger partial charge in [-0.05, 0) is 43.4 Å². The van der Waals surface area contributed by atoms with Crippen molar-refractivity contribution in [2.75, 3.05) is 5.75 Å². The highest BCUT2D eigenvalue weighted by Crippen LogP contribution is 2.24. The maximum Gasteiger partial charge on any atom is 0.244 e. The van der Waals surface area contributed by atoms with E-state index in [4.69, 9.17) is 11.6 Å². The monoisotopic (exact) mass is 475 g/mol. The summed E-state index contributed by atoms with van der Waals surface area (Å²) in [7, 11) is 0. The molecule has 0 spiro atoms. The fourth-order valence-corrected chi connectivity index (χ4v) is 4.82. The van der Waals surface area contributed by atoms with Gasteiger partial charge < -0.3 is 15.2 Å². The highest BCUT2D eigenvalue weighted by atomic mass is 35.5. The van der Waals surface area contributed by atoms with Gasteiger partial charge in [0, 0.05) is 23.7 Å². The van der Waals surface area contributed by atoms with Crippen LogP contribution in [0, 0.1) is 5.92 Å². The predicted molar refractivity (Wildman–Crippen MR) is 128 cm³/mol. The van der Waals surface area contributed by atoms with Crippen LogP contribution in [0.2, 0.25) is 5.02 Å². The summed E-state index contributed by atoms with van der Waals surface area (Å²) in [6, 6.07) is 7.59. The molecule has 1 aromatic heterocycles. The Morgan fingerprint density at radius 3 is 2.78 bits per heavy atom. The third-order valence-electron chi connectivity index (χ3n) is 5.64. The van der Waals surface area contributed by atoms with Gasteiger partial charge in [-0.25, -0.2) is 0 Å². The Labute approximate surface area is 198 Å². The normalized spacial score (nSPS) is 18.6. The number of hydrogen-bond acceptors (Lipinski definition) is 5. The average molecular weight is 476 g/mol. The molecule has 1 heterocycles. The number of rotatable bonds is 9. The molecule has 172 valence electrons. The second-order valence-corrected chi connectivity index (χ2v) is 9.29. The SMILES string of the molecule is CCn1c(CNC(=O)/C=C/c2ccccc2Cl)nnc1SCC(=O)N[C@H]1CCCC[C@@H]1C. The van der Waals surface area contributed by atoms with Gasteiger partial charge in [0.05, 0.1) is 12.3 Å². The molecule has 0 aliphatic heterocycles. The molecular weight excluding hydrogens is 446 g/mol. The molecule has 3 rings (SSSR count). The molecule has 7 nitrogen and oxygen atoms in total. The Balaban J connectivity index is 1.50. The van der Waals surface area contributed by atoms with E-state index >= 15 is 0 Å². The Morgan fingerprint density at radius 2 is 2.03 bits per heavy atom. The molecule has 2 atom stereocenters. The second kappa shape index (κ2) is 12.1. The number of aromatic nitrogens is 3. The van der Waals surface area contributed by atoms with Crippen molar-refractivity contribution in [2.45, 2.75) is 63.8 Å². The summed E-state index contributed by atoms with van der Waals surface area (Å²) in [5, 5.41) is 15.7. The molecule has 1 saturated carbocycles. The smallest absolute Gasteiger partial charge is 0.244 e. The number of benzene rings is 1. The van der Waals surface area contributed by atoms with E-state index in [2.05, 4.69) is 27.8 Å². The van der Waals surface area contributed by atoms with E-state index in [1.165, 1.54) is 37.1 Å². The van der Waals surface area contributed by atoms with Gasteiger partial charge in [-0.1, -0.05) is 61.3 Å². The van der Waals surface area contributed by atoms with Crippen molar-refractivity contribution >= 4 is 41.3 Å². The molecule has 1 aliphatic rings. The third-order valence-corrected chi connectivity index (χ3v) is 6.95. The largest absolute Gasteiger partial charge is 0.352 e. The van der Waals surface area contributed by atoms with E-state index in [1.807, 2.05) is 29.7 Å². The topological polar surface area (TPSA) is 88.9 Å². The van der Waals surface area contributed by atoms with Crippen molar-refractivity contribution in [2.24, 2.45) is 5.92 Å². The standard InChI is InChI=1S/C23H30ClN5O2S/c1-3-29-20(14-25-21(30)13-12-17-9-5-6-10-18(17)24)27-28-23(29)32-15-22(31)26-19-11-7-4-8-16(19)2/h5-6,9-10,12-13,16,19H,3-4,7-8,11,14-15H2,1-2H3,(H,25,30)(H,26,31)/b13-12+/t16-,19-/m0/s1. The molecule has 1 aromatic carbocycles. The molecule has 0 bridgehead atoms. The lowest BCUT2D eigenvalue weighted by molar-refractivity contribution is -0.120. The summed E-state index contributed by atoms with van der Waals surface area (Å²) in [6.45, 7) is 5.09. The minimum atomic E-state index is -0.245. The van der Waals surface area contributed by atoms with E-state index in [0.29, 0.717) is 34.2 Å². The molecule has 9 heteroatoms. The van der Waals surface area contributed by atoms with Crippen LogP contribution in [0.5, 0.6) is 0 Å². The molecule has 1 fully saturated rings. The molecule has 0 unspecified atom stereocenters. The summed E-state index contributed by atoms with van der Waals surface area (Å²) < 4.78 is 1.92. The number of nitrogens with one attached hydrogen (secondary N) is 2. The maximum atomic E-state index is 12.4. The number of carbonyl (C=O) groups is 2. The number of thioether (sulfide) groups is 1. The van der Waals surface area contributed by atoms with Gasteiger partial charge in [-0.2, -0.15) is 0 Å². The van der Waals surface area contributed by atoms with Crippen molar-refractivity contribution in [1.82, 2.24) is 25.4 Å². The van der Waals surface area contributed by atoms with Gasteiger partial charge in [0.25, 0.3) is 0 Å². The van der Waals surface area contributed by atoms with Crippen molar-refractivity contribution in [3.05, 3.63) is 46.8 Å². The molecule has 32 heavy (non-hydrogen) atoms. The van der Waals surface area contributed by atoms with Gasteiger partial charge in [0.2, 0.25) is 11.8 Å². The quantitative estimate of drug-likeness (QED) is 0.421. The van der Waals surface area contributed by atoms with Crippen molar-refractivity contribution in [3.63, 3.8) is 0 Å². The molecular formula is C23H30ClN5O2S.